The van der Waals surface area contributed by atoms with Crippen molar-refractivity contribution in [2.24, 2.45) is 5.73 Å². The van der Waals surface area contributed by atoms with Crippen LogP contribution in [0.5, 0.6) is 0 Å². The molecule has 1 aliphatic carbocycles. The maximum absolute atomic E-state index is 6.15. The monoisotopic (exact) mass is 357 g/mol. The zero-order chi connectivity index (χ0) is 18.2. The summed E-state index contributed by atoms with van der Waals surface area (Å²) < 4.78 is 6.09. The van der Waals surface area contributed by atoms with Crippen LogP contribution in [0.25, 0.3) is 33.1 Å². The second kappa shape index (κ2) is 6.71. The summed E-state index contributed by atoms with van der Waals surface area (Å²) in [6.45, 7) is 0. The van der Waals surface area contributed by atoms with E-state index in [1.165, 1.54) is 12.8 Å². The molecule has 2 aromatic heterocycles. The first-order chi connectivity index (χ1) is 13.3. The van der Waals surface area contributed by atoms with Gasteiger partial charge >= 0.3 is 0 Å². The van der Waals surface area contributed by atoms with Crippen molar-refractivity contribution in [3.05, 3.63) is 60.9 Å². The first kappa shape index (κ1) is 16.3. The fourth-order valence-electron chi connectivity index (χ4n) is 4.16. The highest BCUT2D eigenvalue weighted by molar-refractivity contribution is 5.98. The summed E-state index contributed by atoms with van der Waals surface area (Å²) in [6.07, 6.45) is 8.34. The average Bonchev–Trinajstić information content (AvgIpc) is 3.11. The molecule has 1 aliphatic rings. The number of fused-ring (bicyclic) bond motifs is 2. The molecule has 4 nitrogen and oxygen atoms in total. The van der Waals surface area contributed by atoms with Gasteiger partial charge in [0.15, 0.2) is 0 Å². The Balaban J connectivity index is 1.54. The van der Waals surface area contributed by atoms with E-state index in [1.54, 1.807) is 0 Å². The van der Waals surface area contributed by atoms with Gasteiger partial charge in [0.1, 0.15) is 11.3 Å². The Bertz CT molecular complexity index is 1070. The van der Waals surface area contributed by atoms with E-state index < -0.39 is 0 Å². The van der Waals surface area contributed by atoms with Gasteiger partial charge in [-0.25, -0.2) is 0 Å². The second-order valence-corrected chi connectivity index (χ2v) is 7.54. The van der Waals surface area contributed by atoms with Crippen LogP contribution in [-0.4, -0.2) is 17.1 Å². The van der Waals surface area contributed by atoms with Crippen LogP contribution >= 0.6 is 0 Å². The van der Waals surface area contributed by atoms with Crippen LogP contribution in [0.2, 0.25) is 0 Å². The van der Waals surface area contributed by atoms with Crippen LogP contribution in [0.1, 0.15) is 25.7 Å². The molecule has 3 N–H and O–H groups in total. The first-order valence-electron chi connectivity index (χ1n) is 9.65. The predicted octanol–water partition coefficient (Wildman–Crippen LogP) is 5.33. The molecule has 2 aromatic carbocycles. The molecule has 1 fully saturated rings. The SMILES string of the molecule is N[C@@H]1CCC[C@H](Nc2ccc3cncc(-c4cc5ccccc5o4)c3c2)C1. The summed E-state index contributed by atoms with van der Waals surface area (Å²) in [5.41, 5.74) is 9.19. The summed E-state index contributed by atoms with van der Waals surface area (Å²) in [7, 11) is 0. The van der Waals surface area contributed by atoms with Crippen molar-refractivity contribution in [1.29, 1.82) is 0 Å². The smallest absolute Gasteiger partial charge is 0.137 e. The molecular weight excluding hydrogens is 334 g/mol. The van der Waals surface area contributed by atoms with Gasteiger partial charge in [-0.1, -0.05) is 24.3 Å². The number of furan rings is 1. The molecule has 27 heavy (non-hydrogen) atoms. The van der Waals surface area contributed by atoms with E-state index in [0.717, 1.165) is 51.6 Å². The third-order valence-electron chi connectivity index (χ3n) is 5.54. The van der Waals surface area contributed by atoms with Crippen molar-refractivity contribution in [1.82, 2.24) is 4.98 Å². The van der Waals surface area contributed by atoms with Crippen molar-refractivity contribution in [3.8, 4) is 11.3 Å². The van der Waals surface area contributed by atoms with Gasteiger partial charge in [0.25, 0.3) is 0 Å². The van der Waals surface area contributed by atoms with Gasteiger partial charge in [0.05, 0.1) is 0 Å². The summed E-state index contributed by atoms with van der Waals surface area (Å²) in [5, 5.41) is 7.04. The van der Waals surface area contributed by atoms with Crippen molar-refractivity contribution >= 4 is 27.4 Å². The van der Waals surface area contributed by atoms with Crippen molar-refractivity contribution in [3.63, 3.8) is 0 Å². The van der Waals surface area contributed by atoms with Gasteiger partial charge in [0.2, 0.25) is 0 Å². The number of benzene rings is 2. The molecule has 4 aromatic rings. The van der Waals surface area contributed by atoms with E-state index in [0.29, 0.717) is 12.1 Å². The maximum atomic E-state index is 6.15. The molecule has 0 spiro atoms. The Morgan fingerprint density at radius 3 is 2.81 bits per heavy atom. The van der Waals surface area contributed by atoms with Gasteiger partial charge in [-0.15, -0.1) is 0 Å². The Hall–Kier alpha value is -2.85. The number of aromatic nitrogens is 1. The summed E-state index contributed by atoms with van der Waals surface area (Å²) in [4.78, 5) is 4.42. The normalized spacial score (nSPS) is 20.2. The Morgan fingerprint density at radius 1 is 1.00 bits per heavy atom. The average molecular weight is 357 g/mol. The lowest BCUT2D eigenvalue weighted by molar-refractivity contribution is 0.409. The summed E-state index contributed by atoms with van der Waals surface area (Å²) in [5.74, 6) is 0.853. The van der Waals surface area contributed by atoms with Gasteiger partial charge in [-0.3, -0.25) is 4.98 Å². The molecule has 4 heteroatoms. The quantitative estimate of drug-likeness (QED) is 0.520. The van der Waals surface area contributed by atoms with E-state index in [4.69, 9.17) is 10.2 Å². The zero-order valence-electron chi connectivity index (χ0n) is 15.2. The van der Waals surface area contributed by atoms with Gasteiger partial charge in [-0.2, -0.15) is 0 Å². The lowest BCUT2D eigenvalue weighted by atomic mass is 9.91. The standard InChI is InChI=1S/C23H23N3O/c24-17-5-3-6-18(11-17)26-19-9-8-16-13-25-14-21(20(16)12-19)23-10-15-4-1-2-7-22(15)27-23/h1-2,4,7-10,12-14,17-18,26H,3,5-6,11,24H2/t17-,18+/m1/s1. The number of nitrogens with two attached hydrogens (primary N) is 1. The predicted molar refractivity (Wildman–Crippen MR) is 111 cm³/mol. The Kier molecular flexibility index (Phi) is 4.06. The maximum Gasteiger partial charge on any atom is 0.137 e. The van der Waals surface area contributed by atoms with Crippen molar-refractivity contribution < 1.29 is 4.42 Å². The zero-order valence-corrected chi connectivity index (χ0v) is 15.2. The van der Waals surface area contributed by atoms with E-state index in [1.807, 2.05) is 30.6 Å². The number of anilines is 1. The Labute approximate surface area is 158 Å². The van der Waals surface area contributed by atoms with E-state index in [2.05, 4.69) is 40.6 Å². The molecule has 0 amide bonds. The highest BCUT2D eigenvalue weighted by Gasteiger charge is 2.19. The topological polar surface area (TPSA) is 64.1 Å². The molecule has 0 aliphatic heterocycles. The largest absolute Gasteiger partial charge is 0.456 e. The third-order valence-corrected chi connectivity index (χ3v) is 5.54. The molecule has 0 saturated heterocycles. The molecule has 0 bridgehead atoms. The molecule has 1 saturated carbocycles. The molecule has 2 heterocycles. The minimum absolute atomic E-state index is 0.312. The highest BCUT2D eigenvalue weighted by Crippen LogP contribution is 2.34. The second-order valence-electron chi connectivity index (χ2n) is 7.54. The third kappa shape index (κ3) is 3.17. The van der Waals surface area contributed by atoms with Crippen molar-refractivity contribution in [2.45, 2.75) is 37.8 Å². The molecule has 0 radical (unpaired) electrons. The minimum atomic E-state index is 0.312. The fourth-order valence-corrected chi connectivity index (χ4v) is 4.16. The molecule has 5 rings (SSSR count). The van der Waals surface area contributed by atoms with E-state index in [9.17, 15) is 0 Å². The minimum Gasteiger partial charge on any atom is -0.456 e. The lowest BCUT2D eigenvalue weighted by Crippen LogP contribution is -2.34. The fraction of sp³-hybridized carbons (Fsp3) is 0.261. The van der Waals surface area contributed by atoms with Crippen molar-refractivity contribution in [2.75, 3.05) is 5.32 Å². The summed E-state index contributed by atoms with van der Waals surface area (Å²) >= 11 is 0. The number of hydrogen-bond donors (Lipinski definition) is 2. The number of nitrogens with one attached hydrogen (secondary N) is 1. The lowest BCUT2D eigenvalue weighted by Gasteiger charge is -2.28. The van der Waals surface area contributed by atoms with Crippen LogP contribution in [-0.2, 0) is 0 Å². The van der Waals surface area contributed by atoms with Gasteiger partial charge < -0.3 is 15.5 Å². The number of nitrogens with zero attached hydrogens (tertiary/aromatic N) is 1. The van der Waals surface area contributed by atoms with Crippen LogP contribution < -0.4 is 11.1 Å². The molecular formula is C23H23N3O. The van der Waals surface area contributed by atoms with E-state index >= 15 is 0 Å². The number of hydrogen-bond acceptors (Lipinski definition) is 4. The number of pyridine rings is 1. The van der Waals surface area contributed by atoms with Crippen LogP contribution in [0.15, 0.2) is 65.3 Å². The first-order valence-corrected chi connectivity index (χ1v) is 9.65. The molecule has 0 unspecified atom stereocenters. The van der Waals surface area contributed by atoms with Crippen LogP contribution in [0, 0.1) is 0 Å². The molecule has 2 atom stereocenters. The Morgan fingerprint density at radius 2 is 1.93 bits per heavy atom. The number of rotatable bonds is 3. The van der Waals surface area contributed by atoms with Gasteiger partial charge in [0, 0.05) is 46.5 Å². The summed E-state index contributed by atoms with van der Waals surface area (Å²) in [6, 6.07) is 17.4. The number of para-hydroxylation sites is 1. The molecule has 136 valence electrons. The van der Waals surface area contributed by atoms with Crippen LogP contribution in [0.4, 0.5) is 5.69 Å². The van der Waals surface area contributed by atoms with Gasteiger partial charge in [-0.05, 0) is 55.3 Å². The van der Waals surface area contributed by atoms with Crippen LogP contribution in [0.3, 0.4) is 0 Å². The van der Waals surface area contributed by atoms with E-state index in [-0.39, 0.29) is 0 Å². The highest BCUT2D eigenvalue weighted by atomic mass is 16.3.